The molecule has 3 aromatic rings. The molecule has 1 atom stereocenters. The monoisotopic (exact) mass is 509 g/mol. The summed E-state index contributed by atoms with van der Waals surface area (Å²) in [5, 5.41) is 6.58. The molecule has 0 radical (unpaired) electrons. The Hall–Kier alpha value is -3.02. The van der Waals surface area contributed by atoms with Crippen LogP contribution >= 0.6 is 12.4 Å². The molecule has 1 unspecified atom stereocenters. The van der Waals surface area contributed by atoms with Crippen molar-refractivity contribution in [3.8, 4) is 0 Å². The molecule has 0 spiro atoms. The highest BCUT2D eigenvalue weighted by Gasteiger charge is 2.19. The summed E-state index contributed by atoms with van der Waals surface area (Å²) < 4.78 is 5.76. The molecule has 2 N–H and O–H groups in total. The first-order valence-corrected chi connectivity index (χ1v) is 12.4. The molecule has 6 heteroatoms. The van der Waals surface area contributed by atoms with E-state index in [0.717, 1.165) is 34.6 Å². The molecule has 0 aromatic heterocycles. The predicted molar refractivity (Wildman–Crippen MR) is 153 cm³/mol. The molecule has 0 aliphatic heterocycles. The molecule has 5 nitrogen and oxygen atoms in total. The maximum atomic E-state index is 12.9. The lowest BCUT2D eigenvalue weighted by molar-refractivity contribution is 0.156. The summed E-state index contributed by atoms with van der Waals surface area (Å²) in [4.78, 5) is 15.1. The van der Waals surface area contributed by atoms with Gasteiger partial charge in [0.15, 0.2) is 0 Å². The Labute approximate surface area is 222 Å². The van der Waals surface area contributed by atoms with Gasteiger partial charge in [-0.05, 0) is 60.3 Å². The van der Waals surface area contributed by atoms with Gasteiger partial charge in [0.1, 0.15) is 6.61 Å². The minimum absolute atomic E-state index is 0. The fraction of sp³-hybridized carbons (Fsp3) is 0.367. The molecule has 194 valence electrons. The third-order valence-electron chi connectivity index (χ3n) is 5.98. The molecular weight excluding hydrogens is 470 g/mol. The Morgan fingerprint density at radius 2 is 1.42 bits per heavy atom. The van der Waals surface area contributed by atoms with E-state index in [2.05, 4.69) is 99.8 Å². The van der Waals surface area contributed by atoms with Crippen molar-refractivity contribution >= 4 is 29.9 Å². The van der Waals surface area contributed by atoms with Gasteiger partial charge in [-0.25, -0.2) is 4.79 Å². The second-order valence-corrected chi connectivity index (χ2v) is 9.89. The van der Waals surface area contributed by atoms with Crippen LogP contribution in [0.15, 0.2) is 72.8 Å². The molecule has 0 aliphatic carbocycles. The molecule has 0 aliphatic rings. The van der Waals surface area contributed by atoms with Gasteiger partial charge in [0.25, 0.3) is 0 Å². The van der Waals surface area contributed by atoms with Crippen molar-refractivity contribution in [1.29, 1.82) is 0 Å². The minimum Gasteiger partial charge on any atom is -0.447 e. The fourth-order valence-corrected chi connectivity index (χ4v) is 4.17. The Morgan fingerprint density at radius 1 is 0.833 bits per heavy atom. The Balaban J connectivity index is 0.00000456. The lowest BCUT2D eigenvalue weighted by atomic mass is 9.93. The van der Waals surface area contributed by atoms with Crippen molar-refractivity contribution in [2.75, 3.05) is 31.3 Å². The van der Waals surface area contributed by atoms with Gasteiger partial charge in [-0.1, -0.05) is 88.4 Å². The standard InChI is InChI=1S/C30H39N3O2.ClH/c1-21(2)26-13-10-14-27(22(3)4)29(26)32-30(34)35-20-28(24-11-8-7-9-12-24)31-25-17-15-23(16-18-25)19-33(5)6;/h7-18,21-22,28,31H,19-20H2,1-6H3,(H,32,34);1H. The number of nitrogens with zero attached hydrogens (tertiary/aromatic N) is 1. The van der Waals surface area contributed by atoms with Crippen LogP contribution < -0.4 is 10.6 Å². The topological polar surface area (TPSA) is 53.6 Å². The van der Waals surface area contributed by atoms with E-state index in [4.69, 9.17) is 4.74 Å². The number of rotatable bonds is 10. The highest BCUT2D eigenvalue weighted by Crippen LogP contribution is 2.32. The maximum absolute atomic E-state index is 12.9. The molecule has 0 saturated heterocycles. The molecule has 36 heavy (non-hydrogen) atoms. The number of para-hydroxylation sites is 1. The van der Waals surface area contributed by atoms with Crippen molar-refractivity contribution in [2.45, 2.75) is 52.1 Å². The number of nitrogens with one attached hydrogen (secondary N) is 2. The van der Waals surface area contributed by atoms with Crippen LogP contribution in [-0.2, 0) is 11.3 Å². The lowest BCUT2D eigenvalue weighted by Gasteiger charge is -2.23. The molecule has 3 rings (SSSR count). The zero-order chi connectivity index (χ0) is 25.4. The average molecular weight is 510 g/mol. The predicted octanol–water partition coefficient (Wildman–Crippen LogP) is 7.82. The summed E-state index contributed by atoms with van der Waals surface area (Å²) >= 11 is 0. The largest absolute Gasteiger partial charge is 0.447 e. The first-order chi connectivity index (χ1) is 16.7. The van der Waals surface area contributed by atoms with E-state index in [1.807, 2.05) is 30.3 Å². The van der Waals surface area contributed by atoms with Gasteiger partial charge in [0.05, 0.1) is 11.7 Å². The molecule has 0 saturated carbocycles. The van der Waals surface area contributed by atoms with E-state index < -0.39 is 6.09 Å². The summed E-state index contributed by atoms with van der Waals surface area (Å²) in [5.41, 5.74) is 6.38. The third-order valence-corrected chi connectivity index (χ3v) is 5.98. The van der Waals surface area contributed by atoms with Gasteiger partial charge in [0.2, 0.25) is 0 Å². The number of anilines is 2. The van der Waals surface area contributed by atoms with Crippen LogP contribution in [0.1, 0.15) is 67.8 Å². The average Bonchev–Trinajstić information content (AvgIpc) is 2.82. The zero-order valence-corrected chi connectivity index (χ0v) is 23.1. The third kappa shape index (κ3) is 8.28. The number of benzene rings is 3. The Bertz CT molecular complexity index is 1060. The van der Waals surface area contributed by atoms with E-state index in [1.54, 1.807) is 0 Å². The molecule has 0 fully saturated rings. The maximum Gasteiger partial charge on any atom is 0.411 e. The summed E-state index contributed by atoms with van der Waals surface area (Å²) in [5.74, 6) is 0.580. The van der Waals surface area contributed by atoms with Gasteiger partial charge in [-0.15, -0.1) is 12.4 Å². The van der Waals surface area contributed by atoms with Crippen LogP contribution in [0.3, 0.4) is 0 Å². The number of hydrogen-bond acceptors (Lipinski definition) is 4. The second-order valence-electron chi connectivity index (χ2n) is 9.89. The highest BCUT2D eigenvalue weighted by atomic mass is 35.5. The number of amides is 1. The van der Waals surface area contributed by atoms with E-state index in [0.29, 0.717) is 11.8 Å². The molecule has 1 amide bonds. The van der Waals surface area contributed by atoms with Crippen molar-refractivity contribution in [3.05, 3.63) is 95.1 Å². The molecule has 3 aromatic carbocycles. The normalized spacial score (nSPS) is 11.8. The van der Waals surface area contributed by atoms with E-state index in [-0.39, 0.29) is 25.1 Å². The van der Waals surface area contributed by atoms with E-state index >= 15 is 0 Å². The van der Waals surface area contributed by atoms with Crippen LogP contribution in [-0.4, -0.2) is 31.7 Å². The molecule has 0 bridgehead atoms. The zero-order valence-electron chi connectivity index (χ0n) is 22.2. The first kappa shape index (κ1) is 29.2. The highest BCUT2D eigenvalue weighted by molar-refractivity contribution is 5.87. The minimum atomic E-state index is -0.441. The smallest absolute Gasteiger partial charge is 0.411 e. The SMILES string of the molecule is CC(C)c1cccc(C(C)C)c1NC(=O)OCC(Nc1ccc(CN(C)C)cc1)c1ccccc1.Cl. The van der Waals surface area contributed by atoms with Gasteiger partial charge >= 0.3 is 6.09 Å². The van der Waals surface area contributed by atoms with E-state index in [1.165, 1.54) is 5.56 Å². The Kier molecular flexibility index (Phi) is 11.3. The number of carbonyl (C=O) groups is 1. The summed E-state index contributed by atoms with van der Waals surface area (Å²) in [6.07, 6.45) is -0.441. The van der Waals surface area contributed by atoms with Crippen molar-refractivity contribution in [3.63, 3.8) is 0 Å². The number of ether oxygens (including phenoxy) is 1. The molecule has 0 heterocycles. The van der Waals surface area contributed by atoms with Crippen LogP contribution in [0.2, 0.25) is 0 Å². The van der Waals surface area contributed by atoms with Crippen LogP contribution in [0.4, 0.5) is 16.2 Å². The number of halogens is 1. The van der Waals surface area contributed by atoms with E-state index in [9.17, 15) is 4.79 Å². The van der Waals surface area contributed by atoms with Crippen molar-refractivity contribution in [2.24, 2.45) is 0 Å². The van der Waals surface area contributed by atoms with Gasteiger partial charge in [-0.2, -0.15) is 0 Å². The van der Waals surface area contributed by atoms with Crippen LogP contribution in [0, 0.1) is 0 Å². The van der Waals surface area contributed by atoms with Gasteiger partial charge < -0.3 is 15.0 Å². The summed E-state index contributed by atoms with van der Waals surface area (Å²) in [6.45, 7) is 9.63. The van der Waals surface area contributed by atoms with Crippen LogP contribution in [0.5, 0.6) is 0 Å². The quantitative estimate of drug-likeness (QED) is 0.292. The van der Waals surface area contributed by atoms with Gasteiger partial charge in [0, 0.05) is 12.2 Å². The summed E-state index contributed by atoms with van der Waals surface area (Å²) in [6, 6.07) is 24.5. The summed E-state index contributed by atoms with van der Waals surface area (Å²) in [7, 11) is 4.12. The lowest BCUT2D eigenvalue weighted by Crippen LogP contribution is -2.23. The van der Waals surface area contributed by atoms with Crippen molar-refractivity contribution < 1.29 is 9.53 Å². The fourth-order valence-electron chi connectivity index (χ4n) is 4.17. The first-order valence-electron chi connectivity index (χ1n) is 12.4. The number of carbonyl (C=O) groups excluding carboxylic acids is 1. The van der Waals surface area contributed by atoms with Gasteiger partial charge in [-0.3, -0.25) is 5.32 Å². The van der Waals surface area contributed by atoms with Crippen molar-refractivity contribution in [1.82, 2.24) is 4.90 Å². The second kappa shape index (κ2) is 13.9. The molecular formula is C30H40ClN3O2. The number of hydrogen-bond donors (Lipinski definition) is 2. The Morgan fingerprint density at radius 3 is 1.94 bits per heavy atom. The van der Waals surface area contributed by atoms with Crippen LogP contribution in [0.25, 0.3) is 0 Å².